The van der Waals surface area contributed by atoms with E-state index in [9.17, 15) is 13.2 Å². The third kappa shape index (κ3) is 6.13. The lowest BCUT2D eigenvalue weighted by Gasteiger charge is -2.22. The number of nitrogens with one attached hydrogen (secondary N) is 1. The molecular formula is C17H28N2O4S. The van der Waals surface area contributed by atoms with E-state index < -0.39 is 10.0 Å². The summed E-state index contributed by atoms with van der Waals surface area (Å²) in [7, 11) is -2.06. The van der Waals surface area contributed by atoms with Crippen molar-refractivity contribution in [2.45, 2.75) is 39.0 Å². The molecule has 0 bridgehead atoms. The minimum atomic E-state index is -3.60. The van der Waals surface area contributed by atoms with E-state index in [-0.39, 0.29) is 17.3 Å². The molecule has 0 unspecified atom stereocenters. The predicted molar refractivity (Wildman–Crippen MR) is 94.6 cm³/mol. The highest BCUT2D eigenvalue weighted by Crippen LogP contribution is 2.21. The zero-order chi connectivity index (χ0) is 18.3. The Morgan fingerprint density at radius 3 is 2.46 bits per heavy atom. The van der Waals surface area contributed by atoms with Gasteiger partial charge in [0, 0.05) is 26.6 Å². The normalized spacial score (nSPS) is 11.6. The molecule has 24 heavy (non-hydrogen) atoms. The van der Waals surface area contributed by atoms with Gasteiger partial charge in [-0.3, -0.25) is 4.79 Å². The fourth-order valence-corrected chi connectivity index (χ4v) is 3.36. The van der Waals surface area contributed by atoms with Crippen LogP contribution in [0.3, 0.4) is 0 Å². The average Bonchev–Trinajstić information content (AvgIpc) is 2.49. The maximum atomic E-state index is 12.3. The maximum Gasteiger partial charge on any atom is 0.240 e. The van der Waals surface area contributed by atoms with Crippen LogP contribution < -0.4 is 9.46 Å². The first-order valence-electron chi connectivity index (χ1n) is 8.07. The van der Waals surface area contributed by atoms with Crippen LogP contribution in [-0.4, -0.2) is 46.0 Å². The maximum absolute atomic E-state index is 12.3. The van der Waals surface area contributed by atoms with Gasteiger partial charge < -0.3 is 9.64 Å². The molecule has 0 aliphatic rings. The Labute approximate surface area is 145 Å². The van der Waals surface area contributed by atoms with Gasteiger partial charge in [0.25, 0.3) is 0 Å². The number of ether oxygens (including phenoxy) is 1. The number of carbonyl (C=O) groups excluding carboxylic acids is 1. The molecule has 1 rings (SSSR count). The highest BCUT2D eigenvalue weighted by Gasteiger charge is 2.16. The lowest BCUT2D eigenvalue weighted by molar-refractivity contribution is -0.128. The van der Waals surface area contributed by atoms with Gasteiger partial charge >= 0.3 is 0 Å². The SMILES string of the molecule is COc1ccc(S(=O)(=O)NCCN(CCC(C)C)C(C)=O)cc1C. The summed E-state index contributed by atoms with van der Waals surface area (Å²) in [6, 6.07) is 4.72. The molecule has 0 aromatic heterocycles. The van der Waals surface area contributed by atoms with Crippen molar-refractivity contribution >= 4 is 15.9 Å². The van der Waals surface area contributed by atoms with E-state index in [1.54, 1.807) is 31.1 Å². The van der Waals surface area contributed by atoms with Crippen molar-refractivity contribution in [1.29, 1.82) is 0 Å². The third-order valence-corrected chi connectivity index (χ3v) is 5.23. The summed E-state index contributed by atoms with van der Waals surface area (Å²) in [6.07, 6.45) is 0.893. The third-order valence-electron chi connectivity index (χ3n) is 3.77. The summed E-state index contributed by atoms with van der Waals surface area (Å²) in [4.78, 5) is 13.5. The Bertz CT molecular complexity index is 657. The fourth-order valence-electron chi connectivity index (χ4n) is 2.26. The molecule has 1 aromatic carbocycles. The summed E-state index contributed by atoms with van der Waals surface area (Å²) in [5, 5.41) is 0. The summed E-state index contributed by atoms with van der Waals surface area (Å²) in [5.41, 5.74) is 0.752. The Kier molecular flexibility index (Phi) is 7.69. The number of hydrogen-bond acceptors (Lipinski definition) is 4. The van der Waals surface area contributed by atoms with E-state index >= 15 is 0 Å². The van der Waals surface area contributed by atoms with Gasteiger partial charge in [-0.2, -0.15) is 0 Å². The van der Waals surface area contributed by atoms with Gasteiger partial charge in [-0.25, -0.2) is 13.1 Å². The molecule has 0 aliphatic heterocycles. The van der Waals surface area contributed by atoms with E-state index in [0.717, 1.165) is 12.0 Å². The summed E-state index contributed by atoms with van der Waals surface area (Å²) in [5.74, 6) is 1.09. The Balaban J connectivity index is 2.67. The van der Waals surface area contributed by atoms with Gasteiger partial charge in [0.2, 0.25) is 15.9 Å². The number of hydrogen-bond donors (Lipinski definition) is 1. The Morgan fingerprint density at radius 1 is 1.29 bits per heavy atom. The van der Waals surface area contributed by atoms with Gasteiger partial charge in [-0.15, -0.1) is 0 Å². The molecule has 0 fully saturated rings. The molecule has 0 heterocycles. The second kappa shape index (κ2) is 9.03. The van der Waals surface area contributed by atoms with Crippen LogP contribution >= 0.6 is 0 Å². The van der Waals surface area contributed by atoms with E-state index in [0.29, 0.717) is 24.8 Å². The van der Waals surface area contributed by atoms with E-state index in [1.165, 1.54) is 13.0 Å². The first kappa shape index (κ1) is 20.4. The molecule has 7 heteroatoms. The summed E-state index contributed by atoms with van der Waals surface area (Å²) >= 11 is 0. The van der Waals surface area contributed by atoms with Crippen LogP contribution in [0, 0.1) is 12.8 Å². The van der Waals surface area contributed by atoms with E-state index in [4.69, 9.17) is 4.74 Å². The zero-order valence-corrected chi connectivity index (χ0v) is 15.9. The number of carbonyl (C=O) groups is 1. The first-order valence-corrected chi connectivity index (χ1v) is 9.55. The van der Waals surface area contributed by atoms with Gasteiger partial charge in [-0.1, -0.05) is 13.8 Å². The average molecular weight is 356 g/mol. The molecule has 0 radical (unpaired) electrons. The van der Waals surface area contributed by atoms with E-state index in [1.807, 2.05) is 0 Å². The molecule has 0 spiro atoms. The molecule has 1 N–H and O–H groups in total. The number of benzene rings is 1. The first-order chi connectivity index (χ1) is 11.2. The Hall–Kier alpha value is -1.60. The molecule has 0 aliphatic carbocycles. The van der Waals surface area contributed by atoms with Crippen LogP contribution in [0.25, 0.3) is 0 Å². The van der Waals surface area contributed by atoms with Gasteiger partial charge in [-0.05, 0) is 43.0 Å². The van der Waals surface area contributed by atoms with Crippen molar-refractivity contribution < 1.29 is 17.9 Å². The second-order valence-corrected chi connectivity index (χ2v) is 7.98. The molecule has 1 amide bonds. The number of nitrogens with zero attached hydrogens (tertiary/aromatic N) is 1. The largest absolute Gasteiger partial charge is 0.496 e. The van der Waals surface area contributed by atoms with Crippen LogP contribution in [0.5, 0.6) is 5.75 Å². The smallest absolute Gasteiger partial charge is 0.240 e. The van der Waals surface area contributed by atoms with Crippen molar-refractivity contribution in [3.63, 3.8) is 0 Å². The topological polar surface area (TPSA) is 75.7 Å². The van der Waals surface area contributed by atoms with Crippen LogP contribution in [-0.2, 0) is 14.8 Å². The quantitative estimate of drug-likeness (QED) is 0.736. The molecular weight excluding hydrogens is 328 g/mol. The van der Waals surface area contributed by atoms with Crippen molar-refractivity contribution in [2.75, 3.05) is 26.7 Å². The molecule has 6 nitrogen and oxygen atoms in total. The van der Waals surface area contributed by atoms with Crippen molar-refractivity contribution in [3.8, 4) is 5.75 Å². The minimum absolute atomic E-state index is 0.0462. The van der Waals surface area contributed by atoms with Crippen molar-refractivity contribution in [3.05, 3.63) is 23.8 Å². The Morgan fingerprint density at radius 2 is 1.96 bits per heavy atom. The monoisotopic (exact) mass is 356 g/mol. The number of sulfonamides is 1. The number of amides is 1. The lowest BCUT2D eigenvalue weighted by atomic mass is 10.1. The van der Waals surface area contributed by atoms with Gasteiger partial charge in [0.05, 0.1) is 12.0 Å². The van der Waals surface area contributed by atoms with Crippen molar-refractivity contribution in [2.24, 2.45) is 5.92 Å². The molecule has 136 valence electrons. The van der Waals surface area contributed by atoms with Crippen molar-refractivity contribution in [1.82, 2.24) is 9.62 Å². The minimum Gasteiger partial charge on any atom is -0.496 e. The molecule has 0 saturated carbocycles. The number of methoxy groups -OCH3 is 1. The van der Waals surface area contributed by atoms with Gasteiger partial charge in [0.1, 0.15) is 5.75 Å². The highest BCUT2D eigenvalue weighted by atomic mass is 32.2. The standard InChI is InChI=1S/C17H28N2O4S/c1-13(2)8-10-19(15(4)20)11-9-18-24(21,22)16-6-7-17(23-5)14(3)12-16/h6-7,12-13,18H,8-11H2,1-5H3. The highest BCUT2D eigenvalue weighted by molar-refractivity contribution is 7.89. The predicted octanol–water partition coefficient (Wildman–Crippen LogP) is 2.18. The number of rotatable bonds is 9. The van der Waals surface area contributed by atoms with E-state index in [2.05, 4.69) is 18.6 Å². The van der Waals surface area contributed by atoms with Crippen LogP contribution in [0.15, 0.2) is 23.1 Å². The molecule has 1 aromatic rings. The fraction of sp³-hybridized carbons (Fsp3) is 0.588. The van der Waals surface area contributed by atoms with Gasteiger partial charge in [0.15, 0.2) is 0 Å². The molecule has 0 atom stereocenters. The lowest BCUT2D eigenvalue weighted by Crippen LogP contribution is -2.38. The molecule has 0 saturated heterocycles. The van der Waals surface area contributed by atoms with Crippen LogP contribution in [0.4, 0.5) is 0 Å². The number of aryl methyl sites for hydroxylation is 1. The zero-order valence-electron chi connectivity index (χ0n) is 15.1. The van der Waals surface area contributed by atoms with Crippen LogP contribution in [0.2, 0.25) is 0 Å². The second-order valence-electron chi connectivity index (χ2n) is 6.22. The summed E-state index contributed by atoms with van der Waals surface area (Å²) < 4.78 is 32.4. The summed E-state index contributed by atoms with van der Waals surface area (Å²) in [6.45, 7) is 8.65. The van der Waals surface area contributed by atoms with Crippen LogP contribution in [0.1, 0.15) is 32.8 Å².